The van der Waals surface area contributed by atoms with E-state index >= 15 is 0 Å². The van der Waals surface area contributed by atoms with Gasteiger partial charge in [0.05, 0.1) is 6.61 Å². The number of thiophene rings is 1. The van der Waals surface area contributed by atoms with Crippen molar-refractivity contribution in [2.24, 2.45) is 0 Å². The molecule has 0 radical (unpaired) electrons. The highest BCUT2D eigenvalue weighted by Crippen LogP contribution is 2.35. The zero-order valence-electron chi connectivity index (χ0n) is 10.1. The lowest BCUT2D eigenvalue weighted by Crippen LogP contribution is -2.07. The average Bonchev–Trinajstić information content (AvgIpc) is 2.71. The van der Waals surface area contributed by atoms with Crippen molar-refractivity contribution in [1.82, 2.24) is 0 Å². The lowest BCUT2D eigenvalue weighted by molar-refractivity contribution is 0.0529. The fourth-order valence-electron chi connectivity index (χ4n) is 1.69. The van der Waals surface area contributed by atoms with Crippen LogP contribution in [0.2, 0.25) is 0 Å². The number of carbonyl (C=O) groups is 1. The number of nitrogens with two attached hydrogens (primary N) is 1. The summed E-state index contributed by atoms with van der Waals surface area (Å²) in [7, 11) is 0. The van der Waals surface area contributed by atoms with Crippen LogP contribution in [0.3, 0.4) is 0 Å². The minimum atomic E-state index is -0.747. The van der Waals surface area contributed by atoms with Gasteiger partial charge in [-0.05, 0) is 19.1 Å². The summed E-state index contributed by atoms with van der Waals surface area (Å²) in [6.07, 6.45) is 0. The number of carbonyl (C=O) groups excluding carboxylic acids is 1. The van der Waals surface area contributed by atoms with Crippen LogP contribution in [0.5, 0.6) is 0 Å². The van der Waals surface area contributed by atoms with Gasteiger partial charge in [-0.2, -0.15) is 0 Å². The average molecular weight is 283 g/mol. The van der Waals surface area contributed by atoms with Crippen molar-refractivity contribution in [1.29, 1.82) is 0 Å². The van der Waals surface area contributed by atoms with Gasteiger partial charge < -0.3 is 10.5 Å². The highest BCUT2D eigenvalue weighted by Gasteiger charge is 2.21. The molecule has 2 rings (SSSR count). The maximum absolute atomic E-state index is 13.7. The molecule has 0 aliphatic heterocycles. The van der Waals surface area contributed by atoms with Gasteiger partial charge in [0.25, 0.3) is 0 Å². The molecule has 1 heterocycles. The molecule has 19 heavy (non-hydrogen) atoms. The zero-order chi connectivity index (χ0) is 14.0. The normalized spacial score (nSPS) is 10.5. The van der Waals surface area contributed by atoms with E-state index in [1.165, 1.54) is 6.07 Å². The highest BCUT2D eigenvalue weighted by atomic mass is 32.1. The Kier molecular flexibility index (Phi) is 3.80. The number of rotatable bonds is 3. The zero-order valence-corrected chi connectivity index (χ0v) is 10.9. The van der Waals surface area contributed by atoms with E-state index in [4.69, 9.17) is 10.5 Å². The quantitative estimate of drug-likeness (QED) is 0.878. The van der Waals surface area contributed by atoms with Crippen molar-refractivity contribution in [2.45, 2.75) is 6.92 Å². The summed E-state index contributed by atoms with van der Waals surface area (Å²) in [4.78, 5) is 11.8. The van der Waals surface area contributed by atoms with Gasteiger partial charge in [-0.3, -0.25) is 0 Å². The first-order valence-electron chi connectivity index (χ1n) is 5.54. The minimum absolute atomic E-state index is 0.123. The number of hydrogen-bond acceptors (Lipinski definition) is 4. The molecular formula is C13H11F2NO2S. The summed E-state index contributed by atoms with van der Waals surface area (Å²) in [6, 6.07) is 3.16. The number of nitrogen functional groups attached to an aromatic ring is 1. The Balaban J connectivity index is 2.54. The van der Waals surface area contributed by atoms with Gasteiger partial charge in [0.1, 0.15) is 22.2 Å². The summed E-state index contributed by atoms with van der Waals surface area (Å²) in [5.74, 6) is -2.04. The van der Waals surface area contributed by atoms with Gasteiger partial charge in [0.15, 0.2) is 0 Å². The van der Waals surface area contributed by atoms with E-state index < -0.39 is 17.6 Å². The van der Waals surface area contributed by atoms with E-state index in [9.17, 15) is 13.6 Å². The van der Waals surface area contributed by atoms with Crippen LogP contribution in [-0.4, -0.2) is 12.6 Å². The van der Waals surface area contributed by atoms with Gasteiger partial charge >= 0.3 is 5.97 Å². The number of anilines is 1. The fraction of sp³-hybridized carbons (Fsp3) is 0.154. The Hall–Kier alpha value is -1.95. The van der Waals surface area contributed by atoms with E-state index in [1.54, 1.807) is 12.3 Å². The van der Waals surface area contributed by atoms with Crippen LogP contribution in [0.15, 0.2) is 23.6 Å². The Bertz CT molecular complexity index is 625. The fourth-order valence-corrected chi connectivity index (χ4v) is 2.49. The molecule has 0 aliphatic carbocycles. The molecule has 2 N–H and O–H groups in total. The van der Waals surface area contributed by atoms with Crippen LogP contribution in [0.25, 0.3) is 11.1 Å². The summed E-state index contributed by atoms with van der Waals surface area (Å²) in [5.41, 5.74) is 6.27. The second-order valence-electron chi connectivity index (χ2n) is 3.73. The Morgan fingerprint density at radius 1 is 1.37 bits per heavy atom. The molecule has 0 amide bonds. The van der Waals surface area contributed by atoms with Crippen molar-refractivity contribution in [3.63, 3.8) is 0 Å². The second-order valence-corrected chi connectivity index (χ2v) is 4.64. The topological polar surface area (TPSA) is 52.3 Å². The molecule has 100 valence electrons. The minimum Gasteiger partial charge on any atom is -0.462 e. The van der Waals surface area contributed by atoms with Crippen LogP contribution in [0, 0.1) is 11.6 Å². The highest BCUT2D eigenvalue weighted by molar-refractivity contribution is 7.14. The third-order valence-corrected chi connectivity index (χ3v) is 3.33. The molecule has 1 aromatic carbocycles. The van der Waals surface area contributed by atoms with Crippen LogP contribution in [-0.2, 0) is 4.74 Å². The van der Waals surface area contributed by atoms with Gasteiger partial charge in [0, 0.05) is 22.6 Å². The number of benzene rings is 1. The molecule has 1 aromatic heterocycles. The molecule has 0 saturated carbocycles. The van der Waals surface area contributed by atoms with E-state index in [0.717, 1.165) is 23.5 Å². The summed E-state index contributed by atoms with van der Waals surface area (Å²) in [5, 5.41) is 1.80. The van der Waals surface area contributed by atoms with Crippen molar-refractivity contribution >= 4 is 22.3 Å². The third-order valence-electron chi connectivity index (χ3n) is 2.52. The summed E-state index contributed by atoms with van der Waals surface area (Å²) in [6.45, 7) is 1.86. The number of esters is 1. The molecule has 6 heteroatoms. The Labute approximate surface area is 112 Å². The summed E-state index contributed by atoms with van der Waals surface area (Å²) < 4.78 is 31.5. The first-order valence-corrected chi connectivity index (χ1v) is 6.42. The molecule has 0 spiro atoms. The molecular weight excluding hydrogens is 272 g/mol. The first-order chi connectivity index (χ1) is 9.04. The Morgan fingerprint density at radius 3 is 2.74 bits per heavy atom. The maximum atomic E-state index is 13.7. The predicted octanol–water partition coefficient (Wildman–Crippen LogP) is 3.45. The van der Waals surface area contributed by atoms with E-state index in [0.29, 0.717) is 5.56 Å². The lowest BCUT2D eigenvalue weighted by Gasteiger charge is -2.06. The van der Waals surface area contributed by atoms with E-state index in [2.05, 4.69) is 0 Å². The van der Waals surface area contributed by atoms with Gasteiger partial charge in [-0.1, -0.05) is 0 Å². The van der Waals surface area contributed by atoms with Gasteiger partial charge in [-0.25, -0.2) is 13.6 Å². The largest absolute Gasteiger partial charge is 0.462 e. The van der Waals surface area contributed by atoms with E-state index in [-0.39, 0.29) is 22.7 Å². The van der Waals surface area contributed by atoms with Crippen molar-refractivity contribution in [3.8, 4) is 11.1 Å². The molecule has 0 saturated heterocycles. The maximum Gasteiger partial charge on any atom is 0.341 e. The SMILES string of the molecule is CCOC(=O)c1c(-c2ccc(F)cc2F)csc1N. The third kappa shape index (κ3) is 2.58. The predicted molar refractivity (Wildman–Crippen MR) is 70.0 cm³/mol. The monoisotopic (exact) mass is 283 g/mol. The van der Waals surface area contributed by atoms with Crippen molar-refractivity contribution < 1.29 is 18.3 Å². The molecule has 0 atom stereocenters. The number of ether oxygens (including phenoxy) is 1. The van der Waals surface area contributed by atoms with Crippen LogP contribution < -0.4 is 5.73 Å². The van der Waals surface area contributed by atoms with Crippen molar-refractivity contribution in [3.05, 3.63) is 40.8 Å². The standard InChI is InChI=1S/C13H11F2NO2S/c1-2-18-13(17)11-9(6-19-12(11)16)8-4-3-7(14)5-10(8)15/h3-6H,2,16H2,1H3. The number of hydrogen-bond donors (Lipinski definition) is 1. The molecule has 0 unspecified atom stereocenters. The molecule has 0 aliphatic rings. The summed E-state index contributed by atoms with van der Waals surface area (Å²) >= 11 is 1.11. The van der Waals surface area contributed by atoms with Crippen LogP contribution >= 0.6 is 11.3 Å². The van der Waals surface area contributed by atoms with Gasteiger partial charge in [0.2, 0.25) is 0 Å². The van der Waals surface area contributed by atoms with Crippen LogP contribution in [0.1, 0.15) is 17.3 Å². The second kappa shape index (κ2) is 5.36. The molecule has 2 aromatic rings. The van der Waals surface area contributed by atoms with E-state index in [1.807, 2.05) is 0 Å². The lowest BCUT2D eigenvalue weighted by atomic mass is 10.0. The molecule has 0 bridgehead atoms. The first kappa shape index (κ1) is 13.5. The molecule has 3 nitrogen and oxygen atoms in total. The molecule has 0 fully saturated rings. The van der Waals surface area contributed by atoms with Crippen LogP contribution in [0.4, 0.5) is 13.8 Å². The van der Waals surface area contributed by atoms with Crippen molar-refractivity contribution in [2.75, 3.05) is 12.3 Å². The van der Waals surface area contributed by atoms with Gasteiger partial charge in [-0.15, -0.1) is 11.3 Å². The smallest absolute Gasteiger partial charge is 0.341 e. The Morgan fingerprint density at radius 2 is 2.11 bits per heavy atom. The number of halogens is 2.